The summed E-state index contributed by atoms with van der Waals surface area (Å²) in [5, 5.41) is 54.7. The van der Waals surface area contributed by atoms with Crippen molar-refractivity contribution < 1.29 is 39.8 Å². The Morgan fingerprint density at radius 2 is 0.741 bits per heavy atom. The van der Waals surface area contributed by atoms with Gasteiger partial charge in [0, 0.05) is 6.42 Å². The second-order valence-electron chi connectivity index (χ2n) is 22.9. The van der Waals surface area contributed by atoms with Crippen molar-refractivity contribution in [3.05, 3.63) is 158 Å². The van der Waals surface area contributed by atoms with Crippen molar-refractivity contribution in [2.24, 2.45) is 0 Å². The topological polar surface area (TPSA) is 149 Å². The van der Waals surface area contributed by atoms with Crippen LogP contribution in [0.3, 0.4) is 0 Å². The molecule has 1 saturated heterocycles. The quantitative estimate of drug-likeness (QED) is 0.0261. The maximum atomic E-state index is 13.1. The number of aliphatic hydroxyl groups is 5. The summed E-state index contributed by atoms with van der Waals surface area (Å²) in [5.74, 6) is -0.210. The van der Waals surface area contributed by atoms with Gasteiger partial charge in [-0.3, -0.25) is 4.79 Å². The Bertz CT molecular complexity index is 1900. The number of amides is 1. The zero-order valence-electron chi connectivity index (χ0n) is 53.8. The van der Waals surface area contributed by atoms with E-state index in [4.69, 9.17) is 9.47 Å². The van der Waals surface area contributed by atoms with Gasteiger partial charge in [-0.05, 0) is 116 Å². The van der Waals surface area contributed by atoms with E-state index in [-0.39, 0.29) is 12.5 Å². The van der Waals surface area contributed by atoms with E-state index in [1.807, 2.05) is 6.08 Å². The number of unbranched alkanes of at least 4 members (excludes halogenated alkanes) is 23. The van der Waals surface area contributed by atoms with Gasteiger partial charge in [-0.15, -0.1) is 0 Å². The fourth-order valence-corrected chi connectivity index (χ4v) is 9.77. The number of hydrogen-bond donors (Lipinski definition) is 6. The van der Waals surface area contributed by atoms with Gasteiger partial charge in [-0.2, -0.15) is 0 Å². The van der Waals surface area contributed by atoms with Gasteiger partial charge in [0.1, 0.15) is 24.4 Å². The Kier molecular flexibility index (Phi) is 58.3. The second-order valence-corrected chi connectivity index (χ2v) is 22.9. The van der Waals surface area contributed by atoms with E-state index in [9.17, 15) is 30.3 Å². The first kappa shape index (κ1) is 78.8. The molecule has 0 aromatic heterocycles. The zero-order valence-corrected chi connectivity index (χ0v) is 53.8. The first-order valence-corrected chi connectivity index (χ1v) is 34.2. The summed E-state index contributed by atoms with van der Waals surface area (Å²) in [6.45, 7) is 3.64. The minimum atomic E-state index is -1.59. The van der Waals surface area contributed by atoms with Crippen LogP contribution in [0, 0.1) is 0 Å². The van der Waals surface area contributed by atoms with Gasteiger partial charge >= 0.3 is 0 Å². The molecule has 6 N–H and O–H groups in total. The highest BCUT2D eigenvalue weighted by molar-refractivity contribution is 5.76. The fraction of sp³-hybridized carbons (Fsp3) is 0.645. The molecular formula is C76H125NO8. The number of rotatable bonds is 57. The van der Waals surface area contributed by atoms with Crippen LogP contribution in [0.25, 0.3) is 0 Å². The summed E-state index contributed by atoms with van der Waals surface area (Å²) in [6, 6.07) is -0.846. The third-order valence-electron chi connectivity index (χ3n) is 15.1. The van der Waals surface area contributed by atoms with Crippen LogP contribution in [0.5, 0.6) is 0 Å². The number of carbonyl (C=O) groups excluding carboxylic acids is 1. The monoisotopic (exact) mass is 1180 g/mol. The van der Waals surface area contributed by atoms with Gasteiger partial charge in [0.15, 0.2) is 6.29 Å². The molecule has 1 fully saturated rings. The minimum Gasteiger partial charge on any atom is -0.394 e. The van der Waals surface area contributed by atoms with Crippen LogP contribution < -0.4 is 5.32 Å². The average molecular weight is 1180 g/mol. The Morgan fingerprint density at radius 3 is 1.13 bits per heavy atom. The molecule has 9 heteroatoms. The molecule has 0 aromatic carbocycles. The molecule has 0 saturated carbocycles. The van der Waals surface area contributed by atoms with Gasteiger partial charge in [-0.25, -0.2) is 0 Å². The lowest BCUT2D eigenvalue weighted by molar-refractivity contribution is -0.302. The van der Waals surface area contributed by atoms with Crippen molar-refractivity contribution in [3.8, 4) is 0 Å². The number of carbonyl (C=O) groups is 1. The largest absolute Gasteiger partial charge is 0.394 e. The molecule has 482 valence electrons. The number of hydrogen-bond acceptors (Lipinski definition) is 8. The number of ether oxygens (including phenoxy) is 2. The van der Waals surface area contributed by atoms with Crippen molar-refractivity contribution in [1.82, 2.24) is 5.32 Å². The van der Waals surface area contributed by atoms with E-state index < -0.39 is 49.5 Å². The SMILES string of the molecule is CC/C=C\C/C=C\C/C=C\C/C=C\C/C=C\C/C=C\C/C=C\C/C=C\C/C=C\C/C=C\C/C=C\CCCCCCCC(=O)NC(COC1OC(CO)C(O)C(O)C1O)C(O)/C=C/CC/C=C/CCCCCCCCCCCCCCCCCCC. The first-order valence-electron chi connectivity index (χ1n) is 34.2. The van der Waals surface area contributed by atoms with Crippen LogP contribution in [0.15, 0.2) is 158 Å². The van der Waals surface area contributed by atoms with E-state index in [0.717, 1.165) is 128 Å². The molecule has 1 rings (SSSR count). The number of allylic oxidation sites excluding steroid dienone is 25. The third kappa shape index (κ3) is 51.6. The van der Waals surface area contributed by atoms with Gasteiger partial charge < -0.3 is 40.3 Å². The lowest BCUT2D eigenvalue weighted by Crippen LogP contribution is -2.60. The van der Waals surface area contributed by atoms with Crippen LogP contribution in [0.1, 0.15) is 258 Å². The van der Waals surface area contributed by atoms with Crippen molar-refractivity contribution in [2.75, 3.05) is 13.2 Å². The molecule has 1 aliphatic heterocycles. The summed E-state index contributed by atoms with van der Waals surface area (Å²) in [7, 11) is 0. The van der Waals surface area contributed by atoms with Crippen molar-refractivity contribution >= 4 is 5.91 Å². The highest BCUT2D eigenvalue weighted by Gasteiger charge is 2.44. The second kappa shape index (κ2) is 62.8. The normalized spacial score (nSPS) is 19.2. The minimum absolute atomic E-state index is 0.210. The van der Waals surface area contributed by atoms with E-state index in [2.05, 4.69) is 165 Å². The van der Waals surface area contributed by atoms with Crippen LogP contribution in [-0.2, 0) is 14.3 Å². The molecule has 0 aliphatic carbocycles. The Labute approximate surface area is 520 Å². The Hall–Kier alpha value is -4.19. The molecule has 7 unspecified atom stereocenters. The lowest BCUT2D eigenvalue weighted by Gasteiger charge is -2.40. The fourth-order valence-electron chi connectivity index (χ4n) is 9.77. The van der Waals surface area contributed by atoms with Crippen LogP contribution >= 0.6 is 0 Å². The van der Waals surface area contributed by atoms with Gasteiger partial charge in [0.05, 0.1) is 25.4 Å². The number of aliphatic hydroxyl groups excluding tert-OH is 5. The van der Waals surface area contributed by atoms with Crippen LogP contribution in [0.2, 0.25) is 0 Å². The molecule has 1 amide bonds. The molecule has 0 spiro atoms. The highest BCUT2D eigenvalue weighted by atomic mass is 16.7. The molecule has 9 nitrogen and oxygen atoms in total. The van der Waals surface area contributed by atoms with E-state index in [1.54, 1.807) is 6.08 Å². The molecule has 0 radical (unpaired) electrons. The summed E-state index contributed by atoms with van der Waals surface area (Å²) < 4.78 is 11.3. The maximum Gasteiger partial charge on any atom is 0.220 e. The van der Waals surface area contributed by atoms with Gasteiger partial charge in [-0.1, -0.05) is 294 Å². The van der Waals surface area contributed by atoms with Crippen LogP contribution in [-0.4, -0.2) is 87.5 Å². The van der Waals surface area contributed by atoms with Crippen molar-refractivity contribution in [1.29, 1.82) is 0 Å². The smallest absolute Gasteiger partial charge is 0.220 e. The van der Waals surface area contributed by atoms with E-state index >= 15 is 0 Å². The van der Waals surface area contributed by atoms with E-state index in [0.29, 0.717) is 6.42 Å². The zero-order chi connectivity index (χ0) is 61.4. The molecule has 0 bridgehead atoms. The molecule has 0 aromatic rings. The van der Waals surface area contributed by atoms with E-state index in [1.165, 1.54) is 109 Å². The third-order valence-corrected chi connectivity index (χ3v) is 15.1. The Morgan fingerprint density at radius 1 is 0.412 bits per heavy atom. The highest BCUT2D eigenvalue weighted by Crippen LogP contribution is 2.23. The van der Waals surface area contributed by atoms with Crippen LogP contribution in [0.4, 0.5) is 0 Å². The first-order chi connectivity index (χ1) is 41.8. The van der Waals surface area contributed by atoms with Gasteiger partial charge in [0.2, 0.25) is 5.91 Å². The molecule has 1 aliphatic rings. The summed E-state index contributed by atoms with van der Waals surface area (Å²) in [6.07, 6.45) is 91.9. The van der Waals surface area contributed by atoms with Gasteiger partial charge in [0.25, 0.3) is 0 Å². The molecule has 1 heterocycles. The molecule has 85 heavy (non-hydrogen) atoms. The van der Waals surface area contributed by atoms with Crippen molar-refractivity contribution in [2.45, 2.75) is 301 Å². The number of nitrogens with one attached hydrogen (secondary N) is 1. The average Bonchev–Trinajstić information content (AvgIpc) is 3.66. The lowest BCUT2D eigenvalue weighted by atomic mass is 9.99. The maximum absolute atomic E-state index is 13.1. The van der Waals surface area contributed by atoms with Crippen molar-refractivity contribution in [3.63, 3.8) is 0 Å². The predicted molar refractivity (Wildman–Crippen MR) is 363 cm³/mol. The summed E-state index contributed by atoms with van der Waals surface area (Å²) >= 11 is 0. The Balaban J connectivity index is 2.22. The predicted octanol–water partition coefficient (Wildman–Crippen LogP) is 18.7. The standard InChI is InChI=1S/C76H125NO8/c1-3-5-7-9-11-13-15-17-19-21-23-25-27-28-29-30-31-32-33-34-35-36-37-38-39-40-41-42-44-46-48-50-52-54-56-58-60-62-64-66-72(80)77-69(68-84-76-75(83)74(82)73(81)71(67-78)85-76)70(79)65-63-61-59-57-55-53-51-49-47-45-43-26-24-22-20-18-16-14-12-10-8-6-4-2/h5,7,11,13,17,19,23,25,28-29,31-32,34-35,37-38,40-41,44,46,50,52,55,57,63,65,69-71,73-76,78-79,81-83H,3-4,6,8-10,12,14-16,18,20-22,24,26-27,30,33,36,39,42-43,45,47-49,51,53-54,56,58-62,64,66-68H2,1-2H3,(H,77,80)/b7-5-,13-11-,19-17-,25-23-,29-28-,32-31-,35-34-,38-37-,41-40-,46-44-,52-50-,57-55+,65-63+. The summed E-state index contributed by atoms with van der Waals surface area (Å²) in [4.78, 5) is 13.1. The summed E-state index contributed by atoms with van der Waals surface area (Å²) in [5.41, 5.74) is 0. The molecular weight excluding hydrogens is 1050 g/mol. The molecule has 7 atom stereocenters.